The molecule has 2 heterocycles. The standard InChI is InChI=1S/C16H19N3O2.C8H9F/c1-9-2-4-10(5-3-9)12-8-13(20)14-11(19-12)6-7-18-15(14)16(17)21;1-2-7-4-3-5-8(9)6-7/h6-10H,2-5H2,1H3,(H2,17,21)(H,19,20);3-6H,2H2,1H3. The number of nitrogens with zero attached hydrogens (tertiary/aromatic N) is 1. The van der Waals surface area contributed by atoms with E-state index in [1.165, 1.54) is 25.1 Å². The number of rotatable bonds is 3. The van der Waals surface area contributed by atoms with Gasteiger partial charge in [0.2, 0.25) is 0 Å². The van der Waals surface area contributed by atoms with Crippen LogP contribution < -0.4 is 11.2 Å². The van der Waals surface area contributed by atoms with Crippen LogP contribution in [0.5, 0.6) is 0 Å². The number of H-pyrrole nitrogens is 1. The molecule has 0 saturated heterocycles. The van der Waals surface area contributed by atoms with E-state index in [0.717, 1.165) is 36.4 Å². The number of carbonyl (C=O) groups is 1. The van der Waals surface area contributed by atoms with E-state index in [1.807, 2.05) is 13.0 Å². The molecule has 1 aromatic carbocycles. The van der Waals surface area contributed by atoms with Crippen LogP contribution in [-0.4, -0.2) is 15.9 Å². The average Bonchev–Trinajstić information content (AvgIpc) is 2.74. The first-order valence-corrected chi connectivity index (χ1v) is 10.4. The number of benzene rings is 1. The molecular weight excluding hydrogens is 381 g/mol. The molecule has 0 unspecified atom stereocenters. The molecule has 1 aliphatic carbocycles. The van der Waals surface area contributed by atoms with E-state index in [-0.39, 0.29) is 22.3 Å². The number of amides is 1. The maximum absolute atomic E-state index is 12.4. The fourth-order valence-corrected chi connectivity index (χ4v) is 3.96. The highest BCUT2D eigenvalue weighted by Crippen LogP contribution is 2.34. The summed E-state index contributed by atoms with van der Waals surface area (Å²) in [5, 5.41) is 0.290. The number of nitrogens with one attached hydrogen (secondary N) is 1. The van der Waals surface area contributed by atoms with Gasteiger partial charge in [0.25, 0.3) is 5.91 Å². The van der Waals surface area contributed by atoms with Gasteiger partial charge in [-0.3, -0.25) is 14.6 Å². The zero-order valence-corrected chi connectivity index (χ0v) is 17.5. The van der Waals surface area contributed by atoms with Crippen molar-refractivity contribution < 1.29 is 9.18 Å². The van der Waals surface area contributed by atoms with Crippen molar-refractivity contribution >= 4 is 16.8 Å². The van der Waals surface area contributed by atoms with Crippen molar-refractivity contribution in [2.75, 3.05) is 0 Å². The summed E-state index contributed by atoms with van der Waals surface area (Å²) in [4.78, 5) is 31.0. The molecule has 3 aromatic rings. The summed E-state index contributed by atoms with van der Waals surface area (Å²) >= 11 is 0. The highest BCUT2D eigenvalue weighted by molar-refractivity contribution is 6.03. The second kappa shape index (κ2) is 9.65. The molecule has 0 atom stereocenters. The zero-order valence-electron chi connectivity index (χ0n) is 17.5. The van der Waals surface area contributed by atoms with Gasteiger partial charge in [0.1, 0.15) is 11.5 Å². The van der Waals surface area contributed by atoms with E-state index in [4.69, 9.17) is 5.73 Å². The number of hydrogen-bond donors (Lipinski definition) is 2. The molecule has 0 bridgehead atoms. The van der Waals surface area contributed by atoms with Gasteiger partial charge in [-0.2, -0.15) is 0 Å². The van der Waals surface area contributed by atoms with Crippen LogP contribution in [0, 0.1) is 11.7 Å². The van der Waals surface area contributed by atoms with Gasteiger partial charge in [0.05, 0.1) is 10.9 Å². The minimum Gasteiger partial charge on any atom is -0.364 e. The van der Waals surface area contributed by atoms with Crippen LogP contribution in [0.3, 0.4) is 0 Å². The number of fused-ring (bicyclic) bond motifs is 1. The zero-order chi connectivity index (χ0) is 21.7. The van der Waals surface area contributed by atoms with Crippen LogP contribution in [0.15, 0.2) is 47.4 Å². The molecule has 2 aromatic heterocycles. The normalized spacial score (nSPS) is 18.5. The Morgan fingerprint density at radius 2 is 1.93 bits per heavy atom. The van der Waals surface area contributed by atoms with Gasteiger partial charge in [-0.25, -0.2) is 4.39 Å². The Kier molecular flexibility index (Phi) is 6.98. The Morgan fingerprint density at radius 1 is 1.20 bits per heavy atom. The van der Waals surface area contributed by atoms with Gasteiger partial charge >= 0.3 is 0 Å². The summed E-state index contributed by atoms with van der Waals surface area (Å²) in [6, 6.07) is 9.99. The van der Waals surface area contributed by atoms with Crippen molar-refractivity contribution in [3.05, 3.63) is 75.6 Å². The second-order valence-electron chi connectivity index (χ2n) is 7.98. The first-order valence-electron chi connectivity index (χ1n) is 10.4. The lowest BCUT2D eigenvalue weighted by molar-refractivity contribution is 0.0997. The minimum atomic E-state index is -0.676. The van der Waals surface area contributed by atoms with Crippen molar-refractivity contribution in [2.45, 2.75) is 51.9 Å². The van der Waals surface area contributed by atoms with Gasteiger partial charge in [-0.05, 0) is 54.9 Å². The van der Waals surface area contributed by atoms with Gasteiger partial charge < -0.3 is 10.7 Å². The Morgan fingerprint density at radius 3 is 2.53 bits per heavy atom. The lowest BCUT2D eigenvalue weighted by Crippen LogP contribution is -2.19. The number of aromatic amines is 1. The van der Waals surface area contributed by atoms with Crippen LogP contribution in [0.1, 0.15) is 67.2 Å². The summed E-state index contributed by atoms with van der Waals surface area (Å²) in [6.07, 6.45) is 6.97. The summed E-state index contributed by atoms with van der Waals surface area (Å²) in [5.41, 5.74) is 7.80. The van der Waals surface area contributed by atoms with E-state index in [9.17, 15) is 14.0 Å². The summed E-state index contributed by atoms with van der Waals surface area (Å²) in [6.45, 7) is 4.28. The summed E-state index contributed by atoms with van der Waals surface area (Å²) in [5.74, 6) is 0.335. The molecule has 4 rings (SSSR count). The van der Waals surface area contributed by atoms with Crippen molar-refractivity contribution in [3.8, 4) is 0 Å². The third kappa shape index (κ3) is 5.12. The van der Waals surface area contributed by atoms with Crippen molar-refractivity contribution in [1.82, 2.24) is 9.97 Å². The molecule has 0 spiro atoms. The molecule has 0 radical (unpaired) electrons. The lowest BCUT2D eigenvalue weighted by Gasteiger charge is -2.26. The van der Waals surface area contributed by atoms with Crippen molar-refractivity contribution in [1.29, 1.82) is 0 Å². The van der Waals surface area contributed by atoms with Crippen molar-refractivity contribution in [2.24, 2.45) is 11.7 Å². The van der Waals surface area contributed by atoms with Crippen LogP contribution >= 0.6 is 0 Å². The lowest BCUT2D eigenvalue weighted by atomic mass is 9.81. The third-order valence-corrected chi connectivity index (χ3v) is 5.75. The monoisotopic (exact) mass is 409 g/mol. The van der Waals surface area contributed by atoms with Crippen LogP contribution in [-0.2, 0) is 6.42 Å². The summed E-state index contributed by atoms with van der Waals surface area (Å²) < 4.78 is 12.4. The molecule has 0 aliphatic heterocycles. The van der Waals surface area contributed by atoms with E-state index in [0.29, 0.717) is 11.4 Å². The third-order valence-electron chi connectivity index (χ3n) is 5.75. The van der Waals surface area contributed by atoms with E-state index in [1.54, 1.807) is 24.3 Å². The quantitative estimate of drug-likeness (QED) is 0.657. The number of primary amides is 1. The topological polar surface area (TPSA) is 88.8 Å². The highest BCUT2D eigenvalue weighted by Gasteiger charge is 2.22. The number of pyridine rings is 2. The summed E-state index contributed by atoms with van der Waals surface area (Å²) in [7, 11) is 0. The molecule has 5 nitrogen and oxygen atoms in total. The number of aromatic nitrogens is 2. The van der Waals surface area contributed by atoms with E-state index < -0.39 is 5.91 Å². The number of nitrogens with two attached hydrogens (primary N) is 1. The highest BCUT2D eigenvalue weighted by atomic mass is 19.1. The average molecular weight is 410 g/mol. The number of carbonyl (C=O) groups excluding carboxylic acids is 1. The van der Waals surface area contributed by atoms with Crippen LogP contribution in [0.2, 0.25) is 0 Å². The predicted octanol–water partition coefficient (Wildman–Crippen LogP) is 4.70. The number of aryl methyl sites for hydroxylation is 1. The largest absolute Gasteiger partial charge is 0.364 e. The molecule has 3 N–H and O–H groups in total. The molecule has 30 heavy (non-hydrogen) atoms. The first-order chi connectivity index (χ1) is 14.4. The van der Waals surface area contributed by atoms with Gasteiger partial charge in [0, 0.05) is 18.0 Å². The smallest absolute Gasteiger partial charge is 0.268 e. The van der Waals surface area contributed by atoms with Crippen LogP contribution in [0.4, 0.5) is 4.39 Å². The molecule has 1 saturated carbocycles. The fourth-order valence-electron chi connectivity index (χ4n) is 3.96. The van der Waals surface area contributed by atoms with Gasteiger partial charge in [0.15, 0.2) is 5.43 Å². The maximum Gasteiger partial charge on any atom is 0.268 e. The Balaban J connectivity index is 0.000000239. The molecule has 1 amide bonds. The Hall–Kier alpha value is -3.02. The molecule has 1 aliphatic rings. The first kappa shape index (κ1) is 21.7. The SMILES string of the molecule is CC1CCC(c2cc(=O)c3c(C(N)=O)nccc3[nH]2)CC1.CCc1cccc(F)c1. The molecule has 1 fully saturated rings. The molecule has 6 heteroatoms. The Bertz CT molecular complexity index is 1090. The Labute approximate surface area is 175 Å². The minimum absolute atomic E-state index is 0.0394. The number of hydrogen-bond acceptors (Lipinski definition) is 3. The maximum atomic E-state index is 12.4. The van der Waals surface area contributed by atoms with Crippen LogP contribution in [0.25, 0.3) is 10.9 Å². The molecule has 158 valence electrons. The van der Waals surface area contributed by atoms with Gasteiger partial charge in [-0.15, -0.1) is 0 Å². The second-order valence-corrected chi connectivity index (χ2v) is 7.98. The van der Waals surface area contributed by atoms with E-state index in [2.05, 4.69) is 16.9 Å². The predicted molar refractivity (Wildman–Crippen MR) is 117 cm³/mol. The number of halogens is 1. The van der Waals surface area contributed by atoms with E-state index >= 15 is 0 Å². The molecular formula is C24H28FN3O2. The fraction of sp³-hybridized carbons (Fsp3) is 0.375. The van der Waals surface area contributed by atoms with Gasteiger partial charge in [-0.1, -0.05) is 38.8 Å². The van der Waals surface area contributed by atoms with Crippen molar-refractivity contribution in [3.63, 3.8) is 0 Å².